The average molecular weight is 266 g/mol. The smallest absolute Gasteiger partial charge is 0.288 e. The number of primary amides is 1. The van der Waals surface area contributed by atoms with E-state index in [9.17, 15) is 14.9 Å². The molecule has 102 valence electrons. The van der Waals surface area contributed by atoms with Gasteiger partial charge in [-0.1, -0.05) is 0 Å². The molecular weight excluding hydrogens is 252 g/mol. The number of amides is 1. The third-order valence-electron chi connectivity index (χ3n) is 3.02. The first-order chi connectivity index (χ1) is 8.97. The Morgan fingerprint density at radius 2 is 2.26 bits per heavy atom. The lowest BCUT2D eigenvalue weighted by molar-refractivity contribution is -0.385. The molecule has 2 rings (SSSR count). The van der Waals surface area contributed by atoms with Crippen molar-refractivity contribution in [3.05, 3.63) is 27.9 Å². The second kappa shape index (κ2) is 5.19. The Morgan fingerprint density at radius 1 is 1.53 bits per heavy atom. The van der Waals surface area contributed by atoms with Gasteiger partial charge >= 0.3 is 0 Å². The van der Waals surface area contributed by atoms with Gasteiger partial charge in [0.05, 0.1) is 4.92 Å². The van der Waals surface area contributed by atoms with Crippen molar-refractivity contribution in [1.29, 1.82) is 0 Å². The highest BCUT2D eigenvalue weighted by Crippen LogP contribution is 2.26. The van der Waals surface area contributed by atoms with Crippen LogP contribution in [-0.2, 0) is 0 Å². The van der Waals surface area contributed by atoms with E-state index in [2.05, 4.69) is 4.98 Å². The Kier molecular flexibility index (Phi) is 3.61. The van der Waals surface area contributed by atoms with Crippen LogP contribution in [0, 0.1) is 10.1 Å². The van der Waals surface area contributed by atoms with Crippen LogP contribution in [0.3, 0.4) is 0 Å². The summed E-state index contributed by atoms with van der Waals surface area (Å²) in [6.07, 6.45) is 3.16. The number of nitrogens with zero attached hydrogens (tertiary/aromatic N) is 2. The quantitative estimate of drug-likeness (QED) is 0.596. The van der Waals surface area contributed by atoms with Gasteiger partial charge in [-0.25, -0.2) is 4.98 Å². The van der Waals surface area contributed by atoms with Gasteiger partial charge < -0.3 is 16.2 Å². The van der Waals surface area contributed by atoms with Crippen LogP contribution < -0.4 is 16.2 Å². The van der Waals surface area contributed by atoms with E-state index in [0.29, 0.717) is 6.42 Å². The lowest BCUT2D eigenvalue weighted by Gasteiger charge is -2.14. The summed E-state index contributed by atoms with van der Waals surface area (Å²) in [5.41, 5.74) is 10.5. The third kappa shape index (κ3) is 2.97. The van der Waals surface area contributed by atoms with Crippen LogP contribution >= 0.6 is 0 Å². The standard InChI is InChI=1S/C11H14N4O4/c12-6-1-2-8(3-6)19-11-9(10(13)16)4-7(5-14-11)15(17)18/h4-6,8H,1-3,12H2,(H2,13,16). The van der Waals surface area contributed by atoms with Gasteiger partial charge in [0.15, 0.2) is 0 Å². The SMILES string of the molecule is NC(=O)c1cc([N+](=O)[O-])cnc1OC1CCC(N)C1. The van der Waals surface area contributed by atoms with E-state index in [1.165, 1.54) is 0 Å². The molecule has 19 heavy (non-hydrogen) atoms. The van der Waals surface area contributed by atoms with E-state index in [0.717, 1.165) is 25.1 Å². The largest absolute Gasteiger partial charge is 0.474 e. The molecule has 2 atom stereocenters. The minimum absolute atomic E-state index is 0.0252. The first-order valence-electron chi connectivity index (χ1n) is 5.84. The molecule has 1 aromatic heterocycles. The molecule has 0 bridgehead atoms. The Balaban J connectivity index is 2.24. The molecule has 1 aliphatic carbocycles. The first kappa shape index (κ1) is 13.2. The molecule has 0 aromatic carbocycles. The van der Waals surface area contributed by atoms with Crippen molar-refractivity contribution in [2.75, 3.05) is 0 Å². The monoisotopic (exact) mass is 266 g/mol. The second-order valence-electron chi connectivity index (χ2n) is 4.48. The summed E-state index contributed by atoms with van der Waals surface area (Å²) in [7, 11) is 0. The first-order valence-corrected chi connectivity index (χ1v) is 5.84. The lowest BCUT2D eigenvalue weighted by Crippen LogP contribution is -2.21. The van der Waals surface area contributed by atoms with Crippen LogP contribution in [0.4, 0.5) is 5.69 Å². The molecular formula is C11H14N4O4. The van der Waals surface area contributed by atoms with Gasteiger partial charge in [0, 0.05) is 12.1 Å². The van der Waals surface area contributed by atoms with Crippen molar-refractivity contribution in [3.8, 4) is 5.88 Å². The van der Waals surface area contributed by atoms with Crippen molar-refractivity contribution in [1.82, 2.24) is 4.98 Å². The zero-order valence-corrected chi connectivity index (χ0v) is 10.1. The molecule has 0 aliphatic heterocycles. The molecule has 0 radical (unpaired) electrons. The minimum atomic E-state index is -0.812. The summed E-state index contributed by atoms with van der Waals surface area (Å²) < 4.78 is 5.56. The minimum Gasteiger partial charge on any atom is -0.474 e. The van der Waals surface area contributed by atoms with Crippen molar-refractivity contribution < 1.29 is 14.5 Å². The van der Waals surface area contributed by atoms with Gasteiger partial charge in [-0.15, -0.1) is 0 Å². The zero-order valence-electron chi connectivity index (χ0n) is 10.1. The Hall–Kier alpha value is -2.22. The summed E-state index contributed by atoms with van der Waals surface area (Å²) in [5.74, 6) is -0.786. The maximum atomic E-state index is 11.3. The van der Waals surface area contributed by atoms with E-state index in [4.69, 9.17) is 16.2 Å². The van der Waals surface area contributed by atoms with E-state index in [-0.39, 0.29) is 29.3 Å². The molecule has 1 aliphatic rings. The molecule has 0 saturated heterocycles. The van der Waals surface area contributed by atoms with Gasteiger partial charge in [0.1, 0.15) is 17.9 Å². The second-order valence-corrected chi connectivity index (χ2v) is 4.48. The van der Waals surface area contributed by atoms with Crippen molar-refractivity contribution in [3.63, 3.8) is 0 Å². The van der Waals surface area contributed by atoms with E-state index >= 15 is 0 Å². The van der Waals surface area contributed by atoms with Gasteiger partial charge in [0.2, 0.25) is 5.88 Å². The molecule has 8 nitrogen and oxygen atoms in total. The van der Waals surface area contributed by atoms with Crippen LogP contribution in [-0.4, -0.2) is 28.0 Å². The normalized spacial score (nSPS) is 22.2. The van der Waals surface area contributed by atoms with Crippen molar-refractivity contribution >= 4 is 11.6 Å². The Morgan fingerprint density at radius 3 is 2.79 bits per heavy atom. The maximum Gasteiger partial charge on any atom is 0.288 e. The number of rotatable bonds is 4. The fourth-order valence-corrected chi connectivity index (χ4v) is 2.05. The number of hydrogen-bond acceptors (Lipinski definition) is 6. The number of nitro groups is 1. The van der Waals surface area contributed by atoms with Crippen LogP contribution in [0.2, 0.25) is 0 Å². The number of nitrogens with two attached hydrogens (primary N) is 2. The molecule has 4 N–H and O–H groups in total. The van der Waals surface area contributed by atoms with Crippen molar-refractivity contribution in [2.45, 2.75) is 31.4 Å². The molecule has 1 heterocycles. The van der Waals surface area contributed by atoms with E-state index < -0.39 is 10.8 Å². The van der Waals surface area contributed by atoms with E-state index in [1.807, 2.05) is 0 Å². The van der Waals surface area contributed by atoms with Gasteiger partial charge in [0.25, 0.3) is 11.6 Å². The fraction of sp³-hybridized carbons (Fsp3) is 0.455. The molecule has 1 saturated carbocycles. The van der Waals surface area contributed by atoms with Crippen LogP contribution in [0.5, 0.6) is 5.88 Å². The summed E-state index contributed by atoms with van der Waals surface area (Å²) in [6, 6.07) is 1.14. The number of carbonyl (C=O) groups excluding carboxylic acids is 1. The number of carbonyl (C=O) groups is 1. The summed E-state index contributed by atoms with van der Waals surface area (Å²) >= 11 is 0. The van der Waals surface area contributed by atoms with Gasteiger partial charge in [-0.05, 0) is 19.3 Å². The molecule has 8 heteroatoms. The Bertz CT molecular complexity index is 519. The van der Waals surface area contributed by atoms with Crippen LogP contribution in [0.25, 0.3) is 0 Å². The summed E-state index contributed by atoms with van der Waals surface area (Å²) in [6.45, 7) is 0. The zero-order chi connectivity index (χ0) is 14.0. The number of pyridine rings is 1. The third-order valence-corrected chi connectivity index (χ3v) is 3.02. The van der Waals surface area contributed by atoms with Crippen molar-refractivity contribution in [2.24, 2.45) is 11.5 Å². The Labute approximate surface area is 108 Å². The lowest BCUT2D eigenvalue weighted by atomic mass is 10.2. The molecule has 1 fully saturated rings. The molecule has 2 unspecified atom stereocenters. The number of hydrogen-bond donors (Lipinski definition) is 2. The van der Waals surface area contributed by atoms with Gasteiger partial charge in [-0.2, -0.15) is 0 Å². The number of aromatic nitrogens is 1. The molecule has 1 aromatic rings. The van der Waals surface area contributed by atoms with E-state index in [1.54, 1.807) is 0 Å². The van der Waals surface area contributed by atoms with Gasteiger partial charge in [-0.3, -0.25) is 14.9 Å². The van der Waals surface area contributed by atoms with Crippen LogP contribution in [0.1, 0.15) is 29.6 Å². The fourth-order valence-electron chi connectivity index (χ4n) is 2.05. The highest BCUT2D eigenvalue weighted by molar-refractivity contribution is 5.95. The maximum absolute atomic E-state index is 11.3. The predicted molar refractivity (Wildman–Crippen MR) is 65.7 cm³/mol. The summed E-state index contributed by atoms with van der Waals surface area (Å²) in [5, 5.41) is 10.6. The molecule has 1 amide bonds. The predicted octanol–water partition coefficient (Wildman–Crippen LogP) is 0.347. The highest BCUT2D eigenvalue weighted by Gasteiger charge is 2.26. The topological polar surface area (TPSA) is 134 Å². The average Bonchev–Trinajstić information content (AvgIpc) is 2.74. The highest BCUT2D eigenvalue weighted by atomic mass is 16.6. The number of ether oxygens (including phenoxy) is 1. The summed E-state index contributed by atoms with van der Waals surface area (Å²) in [4.78, 5) is 25.1. The molecule has 0 spiro atoms. The van der Waals surface area contributed by atoms with Crippen LogP contribution in [0.15, 0.2) is 12.3 Å².